The predicted molar refractivity (Wildman–Crippen MR) is 217 cm³/mol. The van der Waals surface area contributed by atoms with Gasteiger partial charge in [0.05, 0.1) is 13.2 Å². The number of carboxylic acid groups (broad SMARTS) is 1. The summed E-state index contributed by atoms with van der Waals surface area (Å²) in [4.78, 5) is 45.8. The maximum absolute atomic E-state index is 12.6. The van der Waals surface area contributed by atoms with E-state index in [0.29, 0.717) is 19.3 Å². The monoisotopic (exact) mass is 781 g/mol. The van der Waals surface area contributed by atoms with Crippen LogP contribution in [0.15, 0.2) is 60.8 Å². The van der Waals surface area contributed by atoms with E-state index in [-0.39, 0.29) is 19.4 Å². The highest BCUT2D eigenvalue weighted by Crippen LogP contribution is 2.43. The molecule has 4 N–H and O–H groups in total. The lowest BCUT2D eigenvalue weighted by Crippen LogP contribution is -2.34. The van der Waals surface area contributed by atoms with E-state index in [4.69, 9.17) is 24.8 Å². The summed E-state index contributed by atoms with van der Waals surface area (Å²) in [6.45, 7) is 2.61. The molecule has 0 aliphatic rings. The fraction of sp³-hybridized carbons (Fsp3) is 0.690. The molecule has 12 heteroatoms. The number of rotatable bonds is 37. The van der Waals surface area contributed by atoms with Crippen LogP contribution in [0.5, 0.6) is 0 Å². The first-order valence-electron chi connectivity index (χ1n) is 20.3. The lowest BCUT2D eigenvalue weighted by Gasteiger charge is -2.20. The number of allylic oxidation sites excluding steroid dienone is 10. The van der Waals surface area contributed by atoms with Crippen LogP contribution in [0.3, 0.4) is 0 Å². The number of phosphoric acid groups is 1. The van der Waals surface area contributed by atoms with E-state index in [9.17, 15) is 23.8 Å². The van der Waals surface area contributed by atoms with Crippen molar-refractivity contribution in [3.8, 4) is 0 Å². The fourth-order valence-electron chi connectivity index (χ4n) is 5.10. The highest BCUT2D eigenvalue weighted by Gasteiger charge is 2.28. The zero-order valence-electron chi connectivity index (χ0n) is 33.3. The van der Waals surface area contributed by atoms with Crippen molar-refractivity contribution in [1.82, 2.24) is 0 Å². The molecular formula is C42H72NO10P. The van der Waals surface area contributed by atoms with Gasteiger partial charge in [-0.3, -0.25) is 23.4 Å². The zero-order valence-corrected chi connectivity index (χ0v) is 34.2. The number of hydrogen-bond acceptors (Lipinski definition) is 9. The van der Waals surface area contributed by atoms with Crippen molar-refractivity contribution in [3.63, 3.8) is 0 Å². The Morgan fingerprint density at radius 2 is 1.04 bits per heavy atom. The minimum atomic E-state index is -4.73. The van der Waals surface area contributed by atoms with E-state index < -0.39 is 51.1 Å². The molecule has 0 heterocycles. The highest BCUT2D eigenvalue weighted by molar-refractivity contribution is 7.47. The summed E-state index contributed by atoms with van der Waals surface area (Å²) >= 11 is 0. The highest BCUT2D eigenvalue weighted by atomic mass is 31.2. The van der Waals surface area contributed by atoms with Crippen molar-refractivity contribution in [3.05, 3.63) is 60.8 Å². The molecule has 0 radical (unpaired) electrons. The Hall–Kier alpha value is -2.82. The lowest BCUT2D eigenvalue weighted by atomic mass is 10.0. The Labute approximate surface area is 326 Å². The van der Waals surface area contributed by atoms with Gasteiger partial charge >= 0.3 is 25.7 Å². The Balaban J connectivity index is 4.52. The summed E-state index contributed by atoms with van der Waals surface area (Å²) in [5.74, 6) is -2.46. The van der Waals surface area contributed by atoms with Gasteiger partial charge in [-0.15, -0.1) is 0 Å². The van der Waals surface area contributed by atoms with E-state index in [2.05, 4.69) is 67.0 Å². The molecule has 0 spiro atoms. The van der Waals surface area contributed by atoms with Crippen molar-refractivity contribution in [2.75, 3.05) is 19.8 Å². The summed E-state index contributed by atoms with van der Waals surface area (Å²) in [7, 11) is -4.73. The third-order valence-electron chi connectivity index (χ3n) is 8.28. The summed E-state index contributed by atoms with van der Waals surface area (Å²) in [5.41, 5.74) is 5.32. The number of phosphoric ester groups is 1. The van der Waals surface area contributed by atoms with Crippen LogP contribution in [0.1, 0.15) is 155 Å². The van der Waals surface area contributed by atoms with Crippen LogP contribution in [-0.2, 0) is 37.5 Å². The predicted octanol–water partition coefficient (Wildman–Crippen LogP) is 10.4. The second-order valence-electron chi connectivity index (χ2n) is 13.4. The minimum absolute atomic E-state index is 0.0818. The summed E-state index contributed by atoms with van der Waals surface area (Å²) in [5, 5.41) is 8.87. The average Bonchev–Trinajstić information content (AvgIpc) is 3.14. The number of carbonyl (C=O) groups is 3. The molecule has 54 heavy (non-hydrogen) atoms. The molecule has 0 saturated carbocycles. The summed E-state index contributed by atoms with van der Waals surface area (Å²) < 4.78 is 32.6. The number of nitrogens with two attached hydrogens (primary N) is 1. The van der Waals surface area contributed by atoms with Crippen molar-refractivity contribution >= 4 is 25.7 Å². The quantitative estimate of drug-likeness (QED) is 0.0237. The van der Waals surface area contributed by atoms with Crippen molar-refractivity contribution in [2.24, 2.45) is 5.73 Å². The van der Waals surface area contributed by atoms with Crippen LogP contribution >= 0.6 is 7.82 Å². The number of ether oxygens (including phenoxy) is 2. The fourth-order valence-corrected chi connectivity index (χ4v) is 5.88. The van der Waals surface area contributed by atoms with E-state index in [1.807, 2.05) is 12.2 Å². The second kappa shape index (κ2) is 37.1. The third kappa shape index (κ3) is 36.2. The lowest BCUT2D eigenvalue weighted by molar-refractivity contribution is -0.161. The van der Waals surface area contributed by atoms with E-state index >= 15 is 0 Å². The van der Waals surface area contributed by atoms with Gasteiger partial charge in [0, 0.05) is 12.8 Å². The first-order chi connectivity index (χ1) is 26.1. The first-order valence-corrected chi connectivity index (χ1v) is 21.8. The van der Waals surface area contributed by atoms with Gasteiger partial charge in [-0.2, -0.15) is 0 Å². The molecule has 0 saturated heterocycles. The summed E-state index contributed by atoms with van der Waals surface area (Å²) in [6.07, 6.45) is 41.5. The number of aliphatic carboxylic acids is 1. The van der Waals surface area contributed by atoms with Crippen molar-refractivity contribution in [1.29, 1.82) is 0 Å². The Bertz CT molecular complexity index is 1150. The van der Waals surface area contributed by atoms with Gasteiger partial charge in [0.2, 0.25) is 0 Å². The Morgan fingerprint density at radius 3 is 1.54 bits per heavy atom. The summed E-state index contributed by atoms with van der Waals surface area (Å²) in [6, 6.07) is -1.53. The van der Waals surface area contributed by atoms with Gasteiger partial charge in [-0.1, -0.05) is 152 Å². The van der Waals surface area contributed by atoms with Gasteiger partial charge in [0.15, 0.2) is 6.10 Å². The smallest absolute Gasteiger partial charge is 0.472 e. The van der Waals surface area contributed by atoms with Crippen molar-refractivity contribution in [2.45, 2.75) is 167 Å². The standard InChI is InChI=1S/C42H72NO10P/c1-3-5-7-9-11-13-15-17-18-19-20-22-24-26-28-30-32-34-41(45)53-38(36-51-54(48,49)52-37-39(43)42(46)47)35-50-40(44)33-31-29-27-25-23-21-16-14-12-10-8-6-4-2/h5,7,11,13,17-18,20,22,26,28,38-39H,3-4,6,8-10,12,14-16,19,21,23-25,27,29-37,43H2,1-2H3,(H,46,47)(H,48,49)/b7-5+,13-11+,18-17+,22-20+,28-26+/t38-,39+/m1/s1. The van der Waals surface area contributed by atoms with Crippen LogP contribution in [0.4, 0.5) is 0 Å². The number of unbranched alkanes of at least 4 members (excludes halogenated alkanes) is 13. The van der Waals surface area contributed by atoms with E-state index in [1.165, 1.54) is 57.8 Å². The molecule has 11 nitrogen and oxygen atoms in total. The zero-order chi connectivity index (χ0) is 40.0. The maximum Gasteiger partial charge on any atom is 0.472 e. The normalized spacial score (nSPS) is 14.4. The molecule has 3 atom stereocenters. The molecule has 0 rings (SSSR count). The molecule has 0 aromatic heterocycles. The number of carboxylic acids is 1. The van der Waals surface area contributed by atoms with Crippen LogP contribution in [0.2, 0.25) is 0 Å². The topological polar surface area (TPSA) is 172 Å². The minimum Gasteiger partial charge on any atom is -0.480 e. The van der Waals surface area contributed by atoms with Gasteiger partial charge in [-0.25, -0.2) is 4.57 Å². The van der Waals surface area contributed by atoms with Crippen LogP contribution in [0, 0.1) is 0 Å². The SMILES string of the molecule is CC/C=C/C/C=C/C/C=C/C/C=C/C/C=C/CCCC(=O)O[C@H](COC(=O)CCCCCCCCCCCCCCC)COP(=O)(O)OC[C@H](N)C(=O)O. The molecule has 1 unspecified atom stereocenters. The molecule has 310 valence electrons. The molecule has 0 aromatic carbocycles. The maximum atomic E-state index is 12.6. The molecule has 0 amide bonds. The average molecular weight is 782 g/mol. The van der Waals surface area contributed by atoms with Gasteiger partial charge in [0.25, 0.3) is 0 Å². The number of carbonyl (C=O) groups excluding carboxylic acids is 2. The largest absolute Gasteiger partial charge is 0.480 e. The molecule has 0 aliphatic carbocycles. The van der Waals surface area contributed by atoms with Crippen LogP contribution in [0.25, 0.3) is 0 Å². The Kier molecular flexibility index (Phi) is 35.2. The van der Waals surface area contributed by atoms with Gasteiger partial charge in [-0.05, 0) is 51.4 Å². The van der Waals surface area contributed by atoms with E-state index in [1.54, 1.807) is 0 Å². The first kappa shape index (κ1) is 51.2. The molecular weight excluding hydrogens is 709 g/mol. The molecule has 0 aliphatic heterocycles. The van der Waals surface area contributed by atoms with Crippen LogP contribution in [-0.4, -0.2) is 59.9 Å². The van der Waals surface area contributed by atoms with Gasteiger partial charge in [0.1, 0.15) is 12.6 Å². The second-order valence-corrected chi connectivity index (χ2v) is 14.8. The van der Waals surface area contributed by atoms with E-state index in [0.717, 1.165) is 51.4 Å². The number of esters is 2. The Morgan fingerprint density at radius 1 is 0.593 bits per heavy atom. The third-order valence-corrected chi connectivity index (χ3v) is 9.23. The van der Waals surface area contributed by atoms with Gasteiger partial charge < -0.3 is 25.2 Å². The molecule has 0 aromatic rings. The van der Waals surface area contributed by atoms with Crippen molar-refractivity contribution < 1.29 is 47.5 Å². The number of hydrogen-bond donors (Lipinski definition) is 3. The molecule has 0 fully saturated rings. The van der Waals surface area contributed by atoms with Crippen LogP contribution < -0.4 is 5.73 Å². The molecule has 0 bridgehead atoms.